The number of nitrogens with zero attached hydrogens (tertiary/aromatic N) is 1. The molecule has 0 radical (unpaired) electrons. The van der Waals surface area contributed by atoms with Crippen LogP contribution in [0, 0.1) is 12.8 Å². The zero-order valence-corrected chi connectivity index (χ0v) is 13.6. The van der Waals surface area contributed by atoms with Gasteiger partial charge < -0.3 is 20.3 Å². The molecule has 1 aromatic rings. The van der Waals surface area contributed by atoms with Crippen LogP contribution in [0.4, 0.5) is 10.5 Å². The van der Waals surface area contributed by atoms with Crippen LogP contribution in [0.1, 0.15) is 18.4 Å². The highest BCUT2D eigenvalue weighted by molar-refractivity contribution is 5.89. The summed E-state index contributed by atoms with van der Waals surface area (Å²) in [5.41, 5.74) is 1.98. The molecule has 0 spiro atoms. The molecule has 0 atom stereocenters. The third-order valence-corrected chi connectivity index (χ3v) is 4.15. The lowest BCUT2D eigenvalue weighted by Gasteiger charge is -2.31. The largest absolute Gasteiger partial charge is 0.383 e. The number of ether oxygens (including phenoxy) is 1. The molecule has 1 aliphatic heterocycles. The van der Waals surface area contributed by atoms with Gasteiger partial charge in [0.05, 0.1) is 6.61 Å². The number of aryl methyl sites for hydroxylation is 1. The highest BCUT2D eigenvalue weighted by Crippen LogP contribution is 2.16. The highest BCUT2D eigenvalue weighted by atomic mass is 16.5. The van der Waals surface area contributed by atoms with Crippen LogP contribution in [0.5, 0.6) is 0 Å². The quantitative estimate of drug-likeness (QED) is 0.849. The Morgan fingerprint density at radius 3 is 2.82 bits per heavy atom. The maximum atomic E-state index is 11.9. The first-order chi connectivity index (χ1) is 10.7. The number of likely N-dealkylation sites (tertiary alicyclic amines) is 1. The van der Waals surface area contributed by atoms with Crippen LogP contribution in [0.25, 0.3) is 0 Å². The molecule has 5 heteroatoms. The van der Waals surface area contributed by atoms with Gasteiger partial charge in [-0.2, -0.15) is 0 Å². The normalized spacial score (nSPS) is 16.5. The molecule has 1 saturated heterocycles. The maximum Gasteiger partial charge on any atom is 0.319 e. The van der Waals surface area contributed by atoms with Crippen LogP contribution >= 0.6 is 0 Å². The summed E-state index contributed by atoms with van der Waals surface area (Å²) >= 11 is 0. The topological polar surface area (TPSA) is 53.6 Å². The van der Waals surface area contributed by atoms with Gasteiger partial charge in [-0.3, -0.25) is 0 Å². The number of urea groups is 1. The summed E-state index contributed by atoms with van der Waals surface area (Å²) in [6.07, 6.45) is 2.27. The summed E-state index contributed by atoms with van der Waals surface area (Å²) in [5, 5.41) is 5.87. The lowest BCUT2D eigenvalue weighted by atomic mass is 9.97. The summed E-state index contributed by atoms with van der Waals surface area (Å²) in [4.78, 5) is 14.3. The van der Waals surface area contributed by atoms with Crippen molar-refractivity contribution in [3.63, 3.8) is 0 Å². The number of anilines is 1. The van der Waals surface area contributed by atoms with E-state index in [9.17, 15) is 4.79 Å². The van der Waals surface area contributed by atoms with E-state index >= 15 is 0 Å². The number of hydrogen-bond acceptors (Lipinski definition) is 3. The number of benzene rings is 1. The van der Waals surface area contributed by atoms with Crippen molar-refractivity contribution in [2.75, 3.05) is 45.2 Å². The minimum atomic E-state index is -0.118. The molecule has 2 N–H and O–H groups in total. The molecular weight excluding hydrogens is 278 g/mol. The van der Waals surface area contributed by atoms with Gasteiger partial charge in [-0.25, -0.2) is 4.79 Å². The summed E-state index contributed by atoms with van der Waals surface area (Å²) in [7, 11) is 1.74. The van der Waals surface area contributed by atoms with Gasteiger partial charge >= 0.3 is 6.03 Å². The molecular formula is C17H27N3O2. The summed E-state index contributed by atoms with van der Waals surface area (Å²) in [6, 6.07) is 7.71. The van der Waals surface area contributed by atoms with E-state index in [1.807, 2.05) is 31.2 Å². The van der Waals surface area contributed by atoms with Gasteiger partial charge in [0, 0.05) is 25.9 Å². The number of nitrogens with one attached hydrogen (secondary N) is 2. The van der Waals surface area contributed by atoms with Gasteiger partial charge in [-0.05, 0) is 56.5 Å². The van der Waals surface area contributed by atoms with Gasteiger partial charge in [-0.15, -0.1) is 0 Å². The predicted octanol–water partition coefficient (Wildman–Crippen LogP) is 2.47. The minimum Gasteiger partial charge on any atom is -0.383 e. The second-order valence-corrected chi connectivity index (χ2v) is 5.98. The highest BCUT2D eigenvalue weighted by Gasteiger charge is 2.19. The zero-order valence-electron chi connectivity index (χ0n) is 13.6. The summed E-state index contributed by atoms with van der Waals surface area (Å²) in [6.45, 7) is 6.74. The molecule has 1 aromatic carbocycles. The number of piperidine rings is 1. The smallest absolute Gasteiger partial charge is 0.319 e. The van der Waals surface area contributed by atoms with Crippen LogP contribution in [-0.4, -0.2) is 50.8 Å². The van der Waals surface area contributed by atoms with E-state index in [1.54, 1.807) is 7.11 Å². The third kappa shape index (κ3) is 5.66. The van der Waals surface area contributed by atoms with E-state index in [0.29, 0.717) is 5.92 Å². The predicted molar refractivity (Wildman–Crippen MR) is 89.2 cm³/mol. The number of hydrogen-bond donors (Lipinski definition) is 2. The van der Waals surface area contributed by atoms with Crippen molar-refractivity contribution < 1.29 is 9.53 Å². The molecule has 1 heterocycles. The van der Waals surface area contributed by atoms with Crippen LogP contribution in [0.2, 0.25) is 0 Å². The van der Waals surface area contributed by atoms with Crippen LogP contribution < -0.4 is 10.6 Å². The first-order valence-corrected chi connectivity index (χ1v) is 8.00. The molecule has 22 heavy (non-hydrogen) atoms. The fraction of sp³-hybridized carbons (Fsp3) is 0.588. The van der Waals surface area contributed by atoms with E-state index in [2.05, 4.69) is 15.5 Å². The molecule has 0 aliphatic carbocycles. The minimum absolute atomic E-state index is 0.118. The van der Waals surface area contributed by atoms with Crippen LogP contribution in [-0.2, 0) is 4.74 Å². The Labute approximate surface area is 133 Å². The van der Waals surface area contributed by atoms with Gasteiger partial charge in [0.1, 0.15) is 0 Å². The molecule has 5 nitrogen and oxygen atoms in total. The maximum absolute atomic E-state index is 11.9. The number of carbonyl (C=O) groups excluding carboxylic acids is 1. The van der Waals surface area contributed by atoms with Crippen molar-refractivity contribution in [3.05, 3.63) is 29.8 Å². The van der Waals surface area contributed by atoms with E-state index < -0.39 is 0 Å². The Bertz CT molecular complexity index is 471. The molecule has 0 aromatic heterocycles. The van der Waals surface area contributed by atoms with Crippen LogP contribution in [0.15, 0.2) is 24.3 Å². The number of methoxy groups -OCH3 is 1. The van der Waals surface area contributed by atoms with Gasteiger partial charge in [-0.1, -0.05) is 12.1 Å². The average molecular weight is 305 g/mol. The van der Waals surface area contributed by atoms with Crippen molar-refractivity contribution in [3.8, 4) is 0 Å². The lowest BCUT2D eigenvalue weighted by Crippen LogP contribution is -2.40. The van der Waals surface area contributed by atoms with Gasteiger partial charge in [0.15, 0.2) is 0 Å². The van der Waals surface area contributed by atoms with E-state index in [-0.39, 0.29) is 6.03 Å². The molecule has 0 bridgehead atoms. The van der Waals surface area contributed by atoms with E-state index in [4.69, 9.17) is 4.74 Å². The Morgan fingerprint density at radius 1 is 1.36 bits per heavy atom. The van der Waals surface area contributed by atoms with Crippen molar-refractivity contribution in [1.29, 1.82) is 0 Å². The monoisotopic (exact) mass is 305 g/mol. The standard InChI is InChI=1S/C17H27N3O2/c1-14-4-3-5-16(12-14)19-17(21)18-13-15-6-8-20(9-7-15)10-11-22-2/h3-5,12,15H,6-11,13H2,1-2H3,(H2,18,19,21). The fourth-order valence-corrected chi connectivity index (χ4v) is 2.77. The second kappa shape index (κ2) is 8.76. The van der Waals surface area contributed by atoms with Crippen LogP contribution in [0.3, 0.4) is 0 Å². The average Bonchev–Trinajstić information content (AvgIpc) is 2.52. The van der Waals surface area contributed by atoms with Gasteiger partial charge in [0.2, 0.25) is 0 Å². The first-order valence-electron chi connectivity index (χ1n) is 8.00. The third-order valence-electron chi connectivity index (χ3n) is 4.15. The molecule has 0 unspecified atom stereocenters. The van der Waals surface area contributed by atoms with Crippen molar-refractivity contribution in [1.82, 2.24) is 10.2 Å². The van der Waals surface area contributed by atoms with E-state index in [0.717, 1.165) is 56.9 Å². The number of amides is 2. The fourth-order valence-electron chi connectivity index (χ4n) is 2.77. The molecule has 2 rings (SSSR count). The first kappa shape index (κ1) is 16.8. The van der Waals surface area contributed by atoms with Gasteiger partial charge in [0.25, 0.3) is 0 Å². The van der Waals surface area contributed by atoms with Crippen molar-refractivity contribution in [2.24, 2.45) is 5.92 Å². The molecule has 0 saturated carbocycles. The zero-order chi connectivity index (χ0) is 15.8. The van der Waals surface area contributed by atoms with E-state index in [1.165, 1.54) is 0 Å². The molecule has 1 aliphatic rings. The molecule has 2 amide bonds. The molecule has 1 fully saturated rings. The Balaban J connectivity index is 1.65. The van der Waals surface area contributed by atoms with Crippen molar-refractivity contribution in [2.45, 2.75) is 19.8 Å². The second-order valence-electron chi connectivity index (χ2n) is 5.98. The Morgan fingerprint density at radius 2 is 2.14 bits per heavy atom. The summed E-state index contributed by atoms with van der Waals surface area (Å²) in [5.74, 6) is 0.571. The molecule has 122 valence electrons. The lowest BCUT2D eigenvalue weighted by molar-refractivity contribution is 0.120. The number of rotatable bonds is 6. The Kier molecular flexibility index (Phi) is 6.68. The van der Waals surface area contributed by atoms with Crippen molar-refractivity contribution >= 4 is 11.7 Å². The Hall–Kier alpha value is -1.59. The SMILES string of the molecule is COCCN1CCC(CNC(=O)Nc2cccc(C)c2)CC1. The number of carbonyl (C=O) groups is 1. The summed E-state index contributed by atoms with van der Waals surface area (Å²) < 4.78 is 5.11.